The van der Waals surface area contributed by atoms with Crippen LogP contribution in [0.1, 0.15) is 26.3 Å². The number of carbonyl (C=O) groups is 2. The molecule has 0 aliphatic rings. The monoisotopic (exact) mass is 336 g/mol. The Morgan fingerprint density at radius 2 is 1.83 bits per heavy atom. The highest BCUT2D eigenvalue weighted by Crippen LogP contribution is 2.19. The van der Waals surface area contributed by atoms with Crippen LogP contribution < -0.4 is 5.73 Å². The number of para-hydroxylation sites is 1. The Hall–Kier alpha value is -2.38. The van der Waals surface area contributed by atoms with E-state index < -0.39 is 18.1 Å². The smallest absolute Gasteiger partial charge is 0.332 e. The number of hydrogen-bond donors (Lipinski definition) is 4. The number of rotatable bonds is 5. The number of aromatic amines is 1. The van der Waals surface area contributed by atoms with Crippen molar-refractivity contribution in [1.82, 2.24) is 4.98 Å². The van der Waals surface area contributed by atoms with Crippen molar-refractivity contribution in [2.75, 3.05) is 0 Å². The molecule has 0 spiro atoms. The van der Waals surface area contributed by atoms with Crippen LogP contribution in [-0.2, 0) is 20.7 Å². The summed E-state index contributed by atoms with van der Waals surface area (Å²) in [5.74, 6) is -1.54. The second kappa shape index (κ2) is 9.05. The van der Waals surface area contributed by atoms with E-state index in [-0.39, 0.29) is 12.1 Å². The summed E-state index contributed by atoms with van der Waals surface area (Å²) in [5.41, 5.74) is 7.95. The standard InChI is InChI=1S/C14H18N2O2.C3H6O3/c1-9(2)18-14(17)12(15)7-10-8-16-13-6-4-3-5-11(10)13;1-2(4)3(5)6/h3-6,8-9,12,16H,7,15H2,1-2H3;2,4H,1H3,(H,5,6). The first-order chi connectivity index (χ1) is 11.2. The zero-order valence-corrected chi connectivity index (χ0v) is 14.0. The van der Waals surface area contributed by atoms with Gasteiger partial charge in [-0.25, -0.2) is 4.79 Å². The number of hydrogen-bond acceptors (Lipinski definition) is 5. The minimum Gasteiger partial charge on any atom is -0.479 e. The van der Waals surface area contributed by atoms with Crippen LogP contribution in [0.4, 0.5) is 0 Å². The van der Waals surface area contributed by atoms with Gasteiger partial charge in [-0.1, -0.05) is 18.2 Å². The number of aromatic nitrogens is 1. The van der Waals surface area contributed by atoms with Crippen LogP contribution in [0, 0.1) is 0 Å². The maximum absolute atomic E-state index is 11.7. The molecule has 7 nitrogen and oxygen atoms in total. The minimum atomic E-state index is -1.23. The number of carboxylic acid groups (broad SMARTS) is 1. The zero-order chi connectivity index (χ0) is 18.3. The van der Waals surface area contributed by atoms with E-state index in [9.17, 15) is 9.59 Å². The number of aliphatic carboxylic acids is 1. The van der Waals surface area contributed by atoms with Crippen molar-refractivity contribution >= 4 is 22.8 Å². The van der Waals surface area contributed by atoms with Gasteiger partial charge in [-0.05, 0) is 32.4 Å². The molecule has 2 aromatic rings. The largest absolute Gasteiger partial charge is 0.479 e. The number of aliphatic hydroxyl groups is 1. The van der Waals surface area contributed by atoms with Gasteiger partial charge in [0.2, 0.25) is 0 Å². The average Bonchev–Trinajstić information content (AvgIpc) is 2.90. The van der Waals surface area contributed by atoms with E-state index in [1.54, 1.807) is 0 Å². The highest BCUT2D eigenvalue weighted by molar-refractivity contribution is 5.84. The number of aliphatic hydroxyl groups excluding tert-OH is 1. The highest BCUT2D eigenvalue weighted by Gasteiger charge is 2.18. The lowest BCUT2D eigenvalue weighted by atomic mass is 10.1. The second-order valence-electron chi connectivity index (χ2n) is 5.67. The molecule has 5 N–H and O–H groups in total. The lowest BCUT2D eigenvalue weighted by Crippen LogP contribution is -2.35. The summed E-state index contributed by atoms with van der Waals surface area (Å²) < 4.78 is 5.10. The predicted octanol–water partition coefficient (Wildman–Crippen LogP) is 1.44. The van der Waals surface area contributed by atoms with Crippen molar-refractivity contribution in [1.29, 1.82) is 0 Å². The zero-order valence-electron chi connectivity index (χ0n) is 14.0. The summed E-state index contributed by atoms with van der Waals surface area (Å²) in [6.07, 6.45) is 1.01. The molecule has 1 aromatic carbocycles. The van der Waals surface area contributed by atoms with Gasteiger partial charge in [0.1, 0.15) is 12.1 Å². The second-order valence-corrected chi connectivity index (χ2v) is 5.67. The molecule has 7 heteroatoms. The molecule has 0 amide bonds. The SMILES string of the molecule is CC(C)OC(=O)C(N)Cc1c[nH]c2ccccc12.CC(O)C(=O)O. The molecular weight excluding hydrogens is 312 g/mol. The van der Waals surface area contributed by atoms with Crippen LogP contribution in [0.3, 0.4) is 0 Å². The quantitative estimate of drug-likeness (QED) is 0.612. The molecule has 0 aliphatic carbocycles. The van der Waals surface area contributed by atoms with Crippen LogP contribution in [-0.4, -0.2) is 45.4 Å². The van der Waals surface area contributed by atoms with Gasteiger partial charge in [0, 0.05) is 23.5 Å². The fourth-order valence-corrected chi connectivity index (χ4v) is 1.94. The first-order valence-electron chi connectivity index (χ1n) is 7.64. The molecule has 0 saturated carbocycles. The third kappa shape index (κ3) is 6.02. The third-order valence-electron chi connectivity index (χ3n) is 3.13. The number of carbonyl (C=O) groups excluding carboxylic acids is 1. The molecule has 0 aliphatic heterocycles. The van der Waals surface area contributed by atoms with E-state index in [1.807, 2.05) is 44.3 Å². The van der Waals surface area contributed by atoms with Crippen molar-refractivity contribution in [3.05, 3.63) is 36.0 Å². The predicted molar refractivity (Wildman–Crippen MR) is 90.5 cm³/mol. The van der Waals surface area contributed by atoms with Gasteiger partial charge in [0.15, 0.2) is 0 Å². The van der Waals surface area contributed by atoms with Crippen molar-refractivity contribution in [3.8, 4) is 0 Å². The van der Waals surface area contributed by atoms with Gasteiger partial charge in [-0.15, -0.1) is 0 Å². The van der Waals surface area contributed by atoms with E-state index >= 15 is 0 Å². The van der Waals surface area contributed by atoms with Crippen molar-refractivity contribution < 1.29 is 24.5 Å². The van der Waals surface area contributed by atoms with Gasteiger partial charge in [0.05, 0.1) is 6.10 Å². The van der Waals surface area contributed by atoms with Gasteiger partial charge in [-0.2, -0.15) is 0 Å². The van der Waals surface area contributed by atoms with Gasteiger partial charge in [-0.3, -0.25) is 4.79 Å². The number of benzene rings is 1. The van der Waals surface area contributed by atoms with Gasteiger partial charge >= 0.3 is 11.9 Å². The number of fused-ring (bicyclic) bond motifs is 1. The fourth-order valence-electron chi connectivity index (χ4n) is 1.94. The molecule has 0 saturated heterocycles. The summed E-state index contributed by atoms with van der Waals surface area (Å²) in [6.45, 7) is 4.83. The van der Waals surface area contributed by atoms with Crippen LogP contribution in [0.2, 0.25) is 0 Å². The highest BCUT2D eigenvalue weighted by atomic mass is 16.5. The normalized spacial score (nSPS) is 13.1. The van der Waals surface area contributed by atoms with Crippen LogP contribution >= 0.6 is 0 Å². The molecule has 2 atom stereocenters. The van der Waals surface area contributed by atoms with E-state index in [0.717, 1.165) is 16.5 Å². The Kier molecular flexibility index (Phi) is 7.41. The first-order valence-corrected chi connectivity index (χ1v) is 7.64. The van der Waals surface area contributed by atoms with Gasteiger partial charge < -0.3 is 25.7 Å². The Bertz CT molecular complexity index is 678. The molecule has 2 unspecified atom stereocenters. The summed E-state index contributed by atoms with van der Waals surface area (Å²) in [6, 6.07) is 7.33. The summed E-state index contributed by atoms with van der Waals surface area (Å²) in [4.78, 5) is 24.3. The van der Waals surface area contributed by atoms with Crippen LogP contribution in [0.5, 0.6) is 0 Å². The van der Waals surface area contributed by atoms with Crippen LogP contribution in [0.15, 0.2) is 30.5 Å². The minimum absolute atomic E-state index is 0.133. The number of nitrogens with one attached hydrogen (secondary N) is 1. The molecule has 1 heterocycles. The summed E-state index contributed by atoms with van der Waals surface area (Å²) in [5, 5.41) is 16.9. The maximum Gasteiger partial charge on any atom is 0.332 e. The molecule has 0 fully saturated rings. The number of H-pyrrole nitrogens is 1. The lowest BCUT2D eigenvalue weighted by Gasteiger charge is -2.13. The molecule has 132 valence electrons. The average molecular weight is 336 g/mol. The molecule has 24 heavy (non-hydrogen) atoms. The molecule has 2 rings (SSSR count). The van der Waals surface area contributed by atoms with Crippen molar-refractivity contribution in [3.63, 3.8) is 0 Å². The molecular formula is C17H24N2O5. The maximum atomic E-state index is 11.7. The number of nitrogens with two attached hydrogens (primary N) is 1. The van der Waals surface area contributed by atoms with E-state index in [0.29, 0.717) is 6.42 Å². The number of carboxylic acids is 1. The Labute approximate surface area is 140 Å². The number of esters is 1. The van der Waals surface area contributed by atoms with E-state index in [2.05, 4.69) is 4.98 Å². The van der Waals surface area contributed by atoms with Crippen LogP contribution in [0.25, 0.3) is 10.9 Å². The molecule has 1 aromatic heterocycles. The van der Waals surface area contributed by atoms with E-state index in [1.165, 1.54) is 6.92 Å². The first kappa shape index (κ1) is 19.7. The van der Waals surface area contributed by atoms with Crippen molar-refractivity contribution in [2.45, 2.75) is 45.4 Å². The van der Waals surface area contributed by atoms with E-state index in [4.69, 9.17) is 20.7 Å². The molecule has 0 bridgehead atoms. The summed E-state index contributed by atoms with van der Waals surface area (Å²) in [7, 11) is 0. The molecule has 0 radical (unpaired) electrons. The number of ether oxygens (including phenoxy) is 1. The third-order valence-corrected chi connectivity index (χ3v) is 3.13. The fraction of sp³-hybridized carbons (Fsp3) is 0.412. The Morgan fingerprint density at radius 1 is 1.25 bits per heavy atom. The Balaban J connectivity index is 0.000000413. The summed E-state index contributed by atoms with van der Waals surface area (Å²) >= 11 is 0. The van der Waals surface area contributed by atoms with Gasteiger partial charge in [0.25, 0.3) is 0 Å². The lowest BCUT2D eigenvalue weighted by molar-refractivity contribution is -0.149. The van der Waals surface area contributed by atoms with Crippen molar-refractivity contribution in [2.24, 2.45) is 5.73 Å². The Morgan fingerprint density at radius 3 is 2.38 bits per heavy atom. The topological polar surface area (TPSA) is 126 Å².